The third-order valence-corrected chi connectivity index (χ3v) is 4.66. The van der Waals surface area contributed by atoms with Crippen LogP contribution in [0.5, 0.6) is 0 Å². The van der Waals surface area contributed by atoms with E-state index in [0.29, 0.717) is 11.6 Å². The van der Waals surface area contributed by atoms with Crippen LogP contribution in [0.3, 0.4) is 0 Å². The third-order valence-electron chi connectivity index (χ3n) is 3.29. The van der Waals surface area contributed by atoms with E-state index in [-0.39, 0.29) is 5.97 Å². The number of rotatable bonds is 5. The minimum Gasteiger partial charge on any atom is -0.469 e. The van der Waals surface area contributed by atoms with Gasteiger partial charge in [-0.05, 0) is 32.3 Å². The van der Waals surface area contributed by atoms with Crippen LogP contribution in [0.4, 0.5) is 0 Å². The lowest BCUT2D eigenvalue weighted by atomic mass is 10.2. The molecular formula is C14H17ClN2O2S. The Morgan fingerprint density at radius 2 is 2.05 bits per heavy atom. The first-order chi connectivity index (χ1) is 9.52. The summed E-state index contributed by atoms with van der Waals surface area (Å²) in [6.45, 7) is 4.10. The number of esters is 1. The Balaban J connectivity index is 2.06. The number of hydrogen-bond donors (Lipinski definition) is 0. The maximum absolute atomic E-state index is 11.0. The van der Waals surface area contributed by atoms with Gasteiger partial charge < -0.3 is 4.74 Å². The first kappa shape index (κ1) is 15.2. The predicted octanol–water partition coefficient (Wildman–Crippen LogP) is 3.85. The number of thiophene rings is 1. The van der Waals surface area contributed by atoms with E-state index in [1.807, 2.05) is 6.92 Å². The first-order valence-corrected chi connectivity index (χ1v) is 7.71. The van der Waals surface area contributed by atoms with E-state index < -0.39 is 0 Å². The maximum atomic E-state index is 11.0. The molecule has 0 saturated heterocycles. The summed E-state index contributed by atoms with van der Waals surface area (Å²) >= 11 is 7.89. The summed E-state index contributed by atoms with van der Waals surface area (Å²) in [4.78, 5) is 22.1. The van der Waals surface area contributed by atoms with Gasteiger partial charge in [-0.1, -0.05) is 11.6 Å². The number of methoxy groups -OCH3 is 1. The third kappa shape index (κ3) is 3.27. The van der Waals surface area contributed by atoms with Crippen LogP contribution in [-0.4, -0.2) is 23.0 Å². The van der Waals surface area contributed by atoms with E-state index >= 15 is 0 Å². The Morgan fingerprint density at radius 3 is 2.75 bits per heavy atom. The molecule has 0 aliphatic heterocycles. The van der Waals surface area contributed by atoms with Gasteiger partial charge >= 0.3 is 5.97 Å². The molecular weight excluding hydrogens is 296 g/mol. The van der Waals surface area contributed by atoms with Gasteiger partial charge in [-0.3, -0.25) is 4.79 Å². The SMILES string of the molecule is COC(=O)CCCCc1nc(Cl)c2c(C)c(C)sc2n1. The van der Waals surface area contributed by atoms with Crippen molar-refractivity contribution < 1.29 is 9.53 Å². The quantitative estimate of drug-likeness (QED) is 0.478. The number of halogens is 1. The fraction of sp³-hybridized carbons (Fsp3) is 0.500. The summed E-state index contributed by atoms with van der Waals surface area (Å²) in [5, 5.41) is 1.49. The molecule has 0 unspecified atom stereocenters. The van der Waals surface area contributed by atoms with Crippen molar-refractivity contribution in [2.24, 2.45) is 0 Å². The monoisotopic (exact) mass is 312 g/mol. The van der Waals surface area contributed by atoms with Crippen molar-refractivity contribution >= 4 is 39.1 Å². The Hall–Kier alpha value is -1.20. The Bertz CT molecular complexity index is 640. The molecule has 0 radical (unpaired) electrons. The molecule has 20 heavy (non-hydrogen) atoms. The summed E-state index contributed by atoms with van der Waals surface area (Å²) in [5.41, 5.74) is 1.16. The fourth-order valence-electron chi connectivity index (χ4n) is 2.01. The summed E-state index contributed by atoms with van der Waals surface area (Å²) in [7, 11) is 1.40. The van der Waals surface area contributed by atoms with Crippen LogP contribution in [0, 0.1) is 13.8 Å². The highest BCUT2D eigenvalue weighted by Gasteiger charge is 2.13. The molecule has 4 nitrogen and oxygen atoms in total. The second-order valence-electron chi connectivity index (χ2n) is 4.68. The van der Waals surface area contributed by atoms with E-state index in [1.54, 1.807) is 11.3 Å². The standard InChI is InChI=1S/C14H17ClN2O2S/c1-8-9(2)20-14-12(8)13(15)16-10(17-14)6-4-5-7-11(18)19-3/h4-7H2,1-3H3. The zero-order chi connectivity index (χ0) is 14.7. The van der Waals surface area contributed by atoms with E-state index in [9.17, 15) is 4.79 Å². The van der Waals surface area contributed by atoms with Gasteiger partial charge in [0.05, 0.1) is 12.5 Å². The number of aryl methyl sites for hydroxylation is 3. The van der Waals surface area contributed by atoms with Crippen LogP contribution in [-0.2, 0) is 16.0 Å². The van der Waals surface area contributed by atoms with Gasteiger partial charge in [0.15, 0.2) is 0 Å². The molecule has 0 fully saturated rings. The van der Waals surface area contributed by atoms with Gasteiger partial charge in [-0.15, -0.1) is 11.3 Å². The number of carbonyl (C=O) groups excluding carboxylic acids is 1. The zero-order valence-electron chi connectivity index (χ0n) is 11.8. The smallest absolute Gasteiger partial charge is 0.305 e. The van der Waals surface area contributed by atoms with Crippen LogP contribution in [0.2, 0.25) is 5.15 Å². The van der Waals surface area contributed by atoms with Crippen molar-refractivity contribution in [1.82, 2.24) is 9.97 Å². The molecule has 2 aromatic heterocycles. The van der Waals surface area contributed by atoms with Gasteiger partial charge in [0.2, 0.25) is 0 Å². The molecule has 0 aromatic carbocycles. The zero-order valence-corrected chi connectivity index (χ0v) is 13.4. The number of unbranched alkanes of at least 4 members (excludes halogenated alkanes) is 1. The minimum atomic E-state index is -0.177. The molecule has 0 atom stereocenters. The largest absolute Gasteiger partial charge is 0.469 e. The molecule has 2 aromatic rings. The van der Waals surface area contributed by atoms with Gasteiger partial charge in [0.25, 0.3) is 0 Å². The lowest BCUT2D eigenvalue weighted by Crippen LogP contribution is -2.01. The Labute approximate surface area is 127 Å². The van der Waals surface area contributed by atoms with Crippen molar-refractivity contribution in [3.63, 3.8) is 0 Å². The molecule has 0 bridgehead atoms. The van der Waals surface area contributed by atoms with Crippen LogP contribution in [0.1, 0.15) is 35.5 Å². The normalized spacial score (nSPS) is 11.0. The van der Waals surface area contributed by atoms with Gasteiger partial charge in [-0.2, -0.15) is 0 Å². The molecule has 0 N–H and O–H groups in total. The highest BCUT2D eigenvalue weighted by molar-refractivity contribution is 7.18. The number of carbonyl (C=O) groups is 1. The molecule has 0 saturated carbocycles. The van der Waals surface area contributed by atoms with Crippen molar-refractivity contribution in [1.29, 1.82) is 0 Å². The lowest BCUT2D eigenvalue weighted by Gasteiger charge is -2.02. The topological polar surface area (TPSA) is 52.1 Å². The van der Waals surface area contributed by atoms with Gasteiger partial charge in [-0.25, -0.2) is 9.97 Å². The number of nitrogens with zero attached hydrogens (tertiary/aromatic N) is 2. The lowest BCUT2D eigenvalue weighted by molar-refractivity contribution is -0.140. The minimum absolute atomic E-state index is 0.177. The Morgan fingerprint density at radius 1 is 1.30 bits per heavy atom. The number of hydrogen-bond acceptors (Lipinski definition) is 5. The molecule has 0 aliphatic rings. The van der Waals surface area contributed by atoms with Crippen molar-refractivity contribution in [2.45, 2.75) is 39.5 Å². The predicted molar refractivity (Wildman–Crippen MR) is 81.5 cm³/mol. The number of fused-ring (bicyclic) bond motifs is 1. The molecule has 2 heterocycles. The van der Waals surface area contributed by atoms with Crippen LogP contribution < -0.4 is 0 Å². The molecule has 6 heteroatoms. The van der Waals surface area contributed by atoms with Crippen LogP contribution in [0.15, 0.2) is 0 Å². The second kappa shape index (κ2) is 6.50. The molecule has 0 aliphatic carbocycles. The fourth-order valence-corrected chi connectivity index (χ4v) is 3.44. The van der Waals surface area contributed by atoms with Crippen molar-refractivity contribution in [2.75, 3.05) is 7.11 Å². The van der Waals surface area contributed by atoms with Crippen molar-refractivity contribution in [3.8, 4) is 0 Å². The van der Waals surface area contributed by atoms with E-state index in [2.05, 4.69) is 21.6 Å². The highest BCUT2D eigenvalue weighted by atomic mass is 35.5. The average Bonchev–Trinajstić information content (AvgIpc) is 2.70. The van der Waals surface area contributed by atoms with Crippen LogP contribution >= 0.6 is 22.9 Å². The van der Waals surface area contributed by atoms with E-state index in [0.717, 1.165) is 40.9 Å². The van der Waals surface area contributed by atoms with Crippen molar-refractivity contribution in [3.05, 3.63) is 21.4 Å². The summed E-state index contributed by atoms with van der Waals surface area (Å²) in [6.07, 6.45) is 2.78. The summed E-state index contributed by atoms with van der Waals surface area (Å²) < 4.78 is 4.61. The summed E-state index contributed by atoms with van der Waals surface area (Å²) in [6, 6.07) is 0. The second-order valence-corrected chi connectivity index (χ2v) is 6.24. The molecule has 108 valence electrons. The van der Waals surface area contributed by atoms with Crippen LogP contribution in [0.25, 0.3) is 10.2 Å². The molecule has 0 amide bonds. The van der Waals surface area contributed by atoms with E-state index in [1.165, 1.54) is 12.0 Å². The van der Waals surface area contributed by atoms with E-state index in [4.69, 9.17) is 11.6 Å². The average molecular weight is 313 g/mol. The molecule has 2 rings (SSSR count). The maximum Gasteiger partial charge on any atom is 0.305 e. The highest BCUT2D eigenvalue weighted by Crippen LogP contribution is 2.33. The first-order valence-electron chi connectivity index (χ1n) is 6.52. The number of aromatic nitrogens is 2. The van der Waals surface area contributed by atoms with Gasteiger partial charge in [0.1, 0.15) is 15.8 Å². The molecule has 0 spiro atoms. The number of ether oxygens (including phenoxy) is 1. The Kier molecular flexibility index (Phi) is 4.94. The van der Waals surface area contributed by atoms with Gasteiger partial charge in [0, 0.05) is 17.7 Å². The summed E-state index contributed by atoms with van der Waals surface area (Å²) in [5.74, 6) is 0.567.